The van der Waals surface area contributed by atoms with Gasteiger partial charge in [-0.25, -0.2) is 4.79 Å². The van der Waals surface area contributed by atoms with Crippen molar-refractivity contribution in [2.75, 3.05) is 6.61 Å². The number of benzene rings is 1. The molecule has 0 atom stereocenters. The Morgan fingerprint density at radius 3 is 2.82 bits per heavy atom. The summed E-state index contributed by atoms with van der Waals surface area (Å²) in [7, 11) is 2.06. The third-order valence-corrected chi connectivity index (χ3v) is 4.52. The lowest BCUT2D eigenvalue weighted by molar-refractivity contribution is -0.137. The van der Waals surface area contributed by atoms with Crippen molar-refractivity contribution < 1.29 is 9.53 Å². The molecule has 2 N–H and O–H groups in total. The summed E-state index contributed by atoms with van der Waals surface area (Å²) in [5.74, 6) is -0.314. The second-order valence-electron chi connectivity index (χ2n) is 6.00. The molecule has 0 aliphatic heterocycles. The fourth-order valence-electron chi connectivity index (χ4n) is 3.10. The average Bonchev–Trinajstić information content (AvgIpc) is 2.80. The molecule has 0 unspecified atom stereocenters. The van der Waals surface area contributed by atoms with Crippen LogP contribution in [-0.2, 0) is 22.1 Å². The molecule has 2 aromatic rings. The minimum absolute atomic E-state index is 0.172. The van der Waals surface area contributed by atoms with Gasteiger partial charge in [0, 0.05) is 24.3 Å². The molecule has 1 aliphatic carbocycles. The van der Waals surface area contributed by atoms with Gasteiger partial charge in [-0.15, -0.1) is 0 Å². The van der Waals surface area contributed by atoms with E-state index in [2.05, 4.69) is 29.8 Å². The number of esters is 1. The first-order valence-corrected chi connectivity index (χ1v) is 7.77. The number of nitrogens with zero attached hydrogens (tertiary/aromatic N) is 1. The maximum atomic E-state index is 11.4. The summed E-state index contributed by atoms with van der Waals surface area (Å²) in [6, 6.07) is 8.35. The molecule has 1 heterocycles. The number of aryl methyl sites for hydroxylation is 1. The third-order valence-electron chi connectivity index (χ3n) is 4.52. The van der Waals surface area contributed by atoms with Crippen LogP contribution in [0.3, 0.4) is 0 Å². The highest BCUT2D eigenvalue weighted by Crippen LogP contribution is 2.40. The van der Waals surface area contributed by atoms with Crippen LogP contribution in [0.25, 0.3) is 17.0 Å². The first kappa shape index (κ1) is 14.9. The molecule has 1 fully saturated rings. The molecule has 0 bridgehead atoms. The van der Waals surface area contributed by atoms with E-state index in [0.717, 1.165) is 23.9 Å². The molecule has 0 saturated heterocycles. The second-order valence-corrected chi connectivity index (χ2v) is 6.00. The maximum absolute atomic E-state index is 11.4. The summed E-state index contributed by atoms with van der Waals surface area (Å²) in [6.07, 6.45) is 6.54. The molecule has 0 radical (unpaired) electrons. The zero-order valence-corrected chi connectivity index (χ0v) is 13.1. The number of carbonyl (C=O) groups is 1. The van der Waals surface area contributed by atoms with Crippen LogP contribution < -0.4 is 5.73 Å². The highest BCUT2D eigenvalue weighted by molar-refractivity contribution is 5.89. The van der Waals surface area contributed by atoms with Crippen molar-refractivity contribution >= 4 is 22.9 Å². The molecule has 1 aromatic carbocycles. The van der Waals surface area contributed by atoms with Gasteiger partial charge in [-0.3, -0.25) is 0 Å². The summed E-state index contributed by atoms with van der Waals surface area (Å²) in [4.78, 5) is 11.4. The monoisotopic (exact) mass is 298 g/mol. The summed E-state index contributed by atoms with van der Waals surface area (Å²) in [6.45, 7) is 2.19. The Morgan fingerprint density at radius 2 is 2.18 bits per heavy atom. The number of nitrogens with two attached hydrogens (primary N) is 1. The van der Waals surface area contributed by atoms with Crippen molar-refractivity contribution in [3.05, 3.63) is 41.6 Å². The van der Waals surface area contributed by atoms with E-state index in [0.29, 0.717) is 6.61 Å². The zero-order valence-electron chi connectivity index (χ0n) is 13.1. The lowest BCUT2D eigenvalue weighted by Crippen LogP contribution is -2.44. The van der Waals surface area contributed by atoms with Gasteiger partial charge in [0.05, 0.1) is 12.1 Å². The SMILES string of the molecule is CCOC(=O)C=Cc1ccc2cc(C3(N)CCC3)n(C)c2c1. The summed E-state index contributed by atoms with van der Waals surface area (Å²) >= 11 is 0. The van der Waals surface area contributed by atoms with Crippen molar-refractivity contribution in [2.45, 2.75) is 31.7 Å². The number of rotatable bonds is 4. The van der Waals surface area contributed by atoms with E-state index in [9.17, 15) is 4.79 Å². The Kier molecular flexibility index (Phi) is 3.79. The molecule has 4 heteroatoms. The van der Waals surface area contributed by atoms with Crippen LogP contribution in [0, 0.1) is 0 Å². The lowest BCUT2D eigenvalue weighted by atomic mass is 9.75. The molecule has 116 valence electrons. The van der Waals surface area contributed by atoms with Gasteiger partial charge in [-0.2, -0.15) is 0 Å². The van der Waals surface area contributed by atoms with E-state index in [-0.39, 0.29) is 11.5 Å². The van der Waals surface area contributed by atoms with Crippen LogP contribution in [0.5, 0.6) is 0 Å². The topological polar surface area (TPSA) is 57.2 Å². The van der Waals surface area contributed by atoms with Crippen LogP contribution in [-0.4, -0.2) is 17.1 Å². The highest BCUT2D eigenvalue weighted by atomic mass is 16.5. The quantitative estimate of drug-likeness (QED) is 0.697. The smallest absolute Gasteiger partial charge is 0.330 e. The van der Waals surface area contributed by atoms with E-state index in [4.69, 9.17) is 10.5 Å². The van der Waals surface area contributed by atoms with Gasteiger partial charge in [0.2, 0.25) is 0 Å². The van der Waals surface area contributed by atoms with Gasteiger partial charge < -0.3 is 15.0 Å². The normalized spacial score (nSPS) is 16.9. The Labute approximate surface area is 130 Å². The van der Waals surface area contributed by atoms with E-state index >= 15 is 0 Å². The molecule has 0 amide bonds. The molecular weight excluding hydrogens is 276 g/mol. The van der Waals surface area contributed by atoms with Crippen LogP contribution >= 0.6 is 0 Å². The van der Waals surface area contributed by atoms with E-state index in [1.807, 2.05) is 6.07 Å². The first-order valence-electron chi connectivity index (χ1n) is 7.77. The molecule has 0 spiro atoms. The van der Waals surface area contributed by atoms with Crippen molar-refractivity contribution in [1.82, 2.24) is 4.57 Å². The van der Waals surface area contributed by atoms with Gasteiger partial charge in [0.15, 0.2) is 0 Å². The number of fused-ring (bicyclic) bond motifs is 1. The fraction of sp³-hybridized carbons (Fsp3) is 0.389. The van der Waals surface area contributed by atoms with Crippen LogP contribution in [0.15, 0.2) is 30.3 Å². The first-order chi connectivity index (χ1) is 10.5. The Morgan fingerprint density at radius 1 is 1.41 bits per heavy atom. The largest absolute Gasteiger partial charge is 0.463 e. The lowest BCUT2D eigenvalue weighted by Gasteiger charge is -2.38. The Bertz CT molecular complexity index is 739. The van der Waals surface area contributed by atoms with Crippen LogP contribution in [0.1, 0.15) is 37.4 Å². The molecule has 4 nitrogen and oxygen atoms in total. The average molecular weight is 298 g/mol. The third kappa shape index (κ3) is 2.55. The number of hydrogen-bond acceptors (Lipinski definition) is 3. The van der Waals surface area contributed by atoms with Gasteiger partial charge >= 0.3 is 5.97 Å². The second kappa shape index (κ2) is 5.61. The molecule has 1 saturated carbocycles. The minimum Gasteiger partial charge on any atom is -0.463 e. The van der Waals surface area contributed by atoms with E-state index in [1.54, 1.807) is 13.0 Å². The van der Waals surface area contributed by atoms with Gasteiger partial charge in [0.25, 0.3) is 0 Å². The van der Waals surface area contributed by atoms with Crippen LogP contribution in [0.2, 0.25) is 0 Å². The van der Waals surface area contributed by atoms with Crippen molar-refractivity contribution in [1.29, 1.82) is 0 Å². The van der Waals surface area contributed by atoms with Gasteiger partial charge in [-0.05, 0) is 55.3 Å². The minimum atomic E-state index is -0.314. The van der Waals surface area contributed by atoms with Gasteiger partial charge in [-0.1, -0.05) is 12.1 Å². The molecular formula is C18H22N2O2. The van der Waals surface area contributed by atoms with Gasteiger partial charge in [0.1, 0.15) is 0 Å². The number of aromatic nitrogens is 1. The standard InChI is InChI=1S/C18H22N2O2/c1-3-22-17(21)8-6-13-5-7-14-12-16(18(19)9-4-10-18)20(2)15(14)11-13/h5-8,11-12H,3-4,9-10,19H2,1-2H3. The molecule has 3 rings (SSSR count). The van der Waals surface area contributed by atoms with Crippen LogP contribution in [0.4, 0.5) is 0 Å². The van der Waals surface area contributed by atoms with Crippen molar-refractivity contribution in [3.63, 3.8) is 0 Å². The fourth-order valence-corrected chi connectivity index (χ4v) is 3.10. The van der Waals surface area contributed by atoms with E-state index < -0.39 is 0 Å². The summed E-state index contributed by atoms with van der Waals surface area (Å²) in [5.41, 5.74) is 9.60. The predicted octanol–water partition coefficient (Wildman–Crippen LogP) is 3.09. The molecule has 1 aromatic heterocycles. The molecule has 22 heavy (non-hydrogen) atoms. The molecule has 1 aliphatic rings. The number of ether oxygens (including phenoxy) is 1. The Hall–Kier alpha value is -2.07. The summed E-state index contributed by atoms with van der Waals surface area (Å²) in [5, 5.41) is 1.18. The van der Waals surface area contributed by atoms with E-state index in [1.165, 1.54) is 23.6 Å². The maximum Gasteiger partial charge on any atom is 0.330 e. The number of carbonyl (C=O) groups excluding carboxylic acids is 1. The predicted molar refractivity (Wildman–Crippen MR) is 88.3 cm³/mol. The number of hydrogen-bond donors (Lipinski definition) is 1. The van der Waals surface area contributed by atoms with Crippen molar-refractivity contribution in [3.8, 4) is 0 Å². The Balaban J connectivity index is 1.93. The summed E-state index contributed by atoms with van der Waals surface area (Å²) < 4.78 is 7.08. The van der Waals surface area contributed by atoms with Crippen molar-refractivity contribution in [2.24, 2.45) is 12.8 Å². The zero-order chi connectivity index (χ0) is 15.7. The highest BCUT2D eigenvalue weighted by Gasteiger charge is 2.36.